The van der Waals surface area contributed by atoms with E-state index in [9.17, 15) is 0 Å². The molecular formula is C19H22O3. The first-order chi connectivity index (χ1) is 10.8. The van der Waals surface area contributed by atoms with Crippen LogP contribution in [0.25, 0.3) is 6.08 Å². The second kappa shape index (κ2) is 8.13. The van der Waals surface area contributed by atoms with Gasteiger partial charge in [0.05, 0.1) is 21.3 Å². The average molecular weight is 298 g/mol. The van der Waals surface area contributed by atoms with E-state index in [2.05, 4.69) is 24.3 Å². The van der Waals surface area contributed by atoms with Gasteiger partial charge in [-0.05, 0) is 48.2 Å². The number of rotatable bonds is 7. The van der Waals surface area contributed by atoms with Crippen molar-refractivity contribution in [3.05, 3.63) is 59.7 Å². The maximum absolute atomic E-state index is 5.32. The highest BCUT2D eigenvalue weighted by Crippen LogP contribution is 2.28. The van der Waals surface area contributed by atoms with Crippen LogP contribution in [0.1, 0.15) is 17.5 Å². The molecule has 0 bridgehead atoms. The van der Waals surface area contributed by atoms with Gasteiger partial charge in [0.15, 0.2) is 11.5 Å². The molecule has 2 aromatic carbocycles. The first kappa shape index (κ1) is 16.0. The van der Waals surface area contributed by atoms with Crippen LogP contribution in [-0.2, 0) is 6.42 Å². The average Bonchev–Trinajstić information content (AvgIpc) is 2.58. The molecule has 0 atom stereocenters. The lowest BCUT2D eigenvalue weighted by atomic mass is 10.1. The highest BCUT2D eigenvalue weighted by molar-refractivity contribution is 5.51. The van der Waals surface area contributed by atoms with Crippen molar-refractivity contribution in [2.24, 2.45) is 0 Å². The van der Waals surface area contributed by atoms with E-state index in [1.807, 2.05) is 30.3 Å². The van der Waals surface area contributed by atoms with Gasteiger partial charge in [-0.25, -0.2) is 0 Å². The smallest absolute Gasteiger partial charge is 0.160 e. The number of ether oxygens (including phenoxy) is 3. The molecule has 0 aliphatic carbocycles. The minimum atomic E-state index is 0.762. The molecule has 0 heterocycles. The monoisotopic (exact) mass is 298 g/mol. The summed E-state index contributed by atoms with van der Waals surface area (Å²) in [4.78, 5) is 0. The highest BCUT2D eigenvalue weighted by Gasteiger charge is 2.03. The molecule has 0 aliphatic heterocycles. The molecule has 0 saturated heterocycles. The van der Waals surface area contributed by atoms with Crippen molar-refractivity contribution in [2.45, 2.75) is 12.8 Å². The van der Waals surface area contributed by atoms with Crippen LogP contribution in [0, 0.1) is 0 Å². The molecule has 0 aromatic heterocycles. The molecule has 3 nitrogen and oxygen atoms in total. The summed E-state index contributed by atoms with van der Waals surface area (Å²) in [6, 6.07) is 14.1. The van der Waals surface area contributed by atoms with Crippen LogP contribution in [0.2, 0.25) is 0 Å². The lowest BCUT2D eigenvalue weighted by Gasteiger charge is -2.08. The van der Waals surface area contributed by atoms with E-state index in [1.54, 1.807) is 21.3 Å². The van der Waals surface area contributed by atoms with Gasteiger partial charge in [0.1, 0.15) is 5.75 Å². The highest BCUT2D eigenvalue weighted by atomic mass is 16.5. The van der Waals surface area contributed by atoms with E-state index in [-0.39, 0.29) is 0 Å². The van der Waals surface area contributed by atoms with E-state index < -0.39 is 0 Å². The first-order valence-corrected chi connectivity index (χ1v) is 7.28. The van der Waals surface area contributed by atoms with Gasteiger partial charge in [-0.15, -0.1) is 0 Å². The van der Waals surface area contributed by atoms with Gasteiger partial charge in [0, 0.05) is 0 Å². The van der Waals surface area contributed by atoms with Gasteiger partial charge in [-0.3, -0.25) is 0 Å². The van der Waals surface area contributed by atoms with Crippen LogP contribution in [0.5, 0.6) is 17.2 Å². The zero-order valence-corrected chi connectivity index (χ0v) is 13.3. The van der Waals surface area contributed by atoms with E-state index in [0.29, 0.717) is 0 Å². The van der Waals surface area contributed by atoms with E-state index in [4.69, 9.17) is 14.2 Å². The Bertz CT molecular complexity index is 632. The Labute approximate surface area is 132 Å². The van der Waals surface area contributed by atoms with E-state index >= 15 is 0 Å². The summed E-state index contributed by atoms with van der Waals surface area (Å²) in [7, 11) is 4.98. The SMILES string of the molecule is COc1cccc(/C=C/CCc2ccc(OC)c(OC)c2)c1. The molecule has 0 N–H and O–H groups in total. The zero-order chi connectivity index (χ0) is 15.8. The van der Waals surface area contributed by atoms with Crippen LogP contribution in [-0.4, -0.2) is 21.3 Å². The molecule has 3 heteroatoms. The van der Waals surface area contributed by atoms with Crippen molar-refractivity contribution < 1.29 is 14.2 Å². The fourth-order valence-corrected chi connectivity index (χ4v) is 2.25. The maximum atomic E-state index is 5.32. The Morgan fingerprint density at radius 2 is 1.68 bits per heavy atom. The molecule has 2 rings (SSSR count). The van der Waals surface area contributed by atoms with E-state index in [0.717, 1.165) is 35.7 Å². The van der Waals surface area contributed by atoms with Crippen LogP contribution in [0.4, 0.5) is 0 Å². The molecule has 0 unspecified atom stereocenters. The van der Waals surface area contributed by atoms with Gasteiger partial charge in [0.25, 0.3) is 0 Å². The molecule has 2 aromatic rings. The molecular weight excluding hydrogens is 276 g/mol. The number of allylic oxidation sites excluding steroid dienone is 1. The van der Waals surface area contributed by atoms with Crippen LogP contribution in [0.3, 0.4) is 0 Å². The first-order valence-electron chi connectivity index (χ1n) is 7.28. The number of hydrogen-bond donors (Lipinski definition) is 0. The Morgan fingerprint density at radius 3 is 2.41 bits per heavy atom. The second-order valence-electron chi connectivity index (χ2n) is 4.91. The molecule has 0 saturated carbocycles. The lowest BCUT2D eigenvalue weighted by Crippen LogP contribution is -1.92. The standard InChI is InChI=1S/C19H22O3/c1-20-17-10-6-9-15(13-17)7-4-5-8-16-11-12-18(21-2)19(14-16)22-3/h4,6-7,9-14H,5,8H2,1-3H3/b7-4+. The summed E-state index contributed by atoms with van der Waals surface area (Å²) in [5, 5.41) is 0. The van der Waals surface area contributed by atoms with Crippen molar-refractivity contribution in [2.75, 3.05) is 21.3 Å². The molecule has 0 fully saturated rings. The normalized spacial score (nSPS) is 10.7. The minimum absolute atomic E-state index is 0.762. The Morgan fingerprint density at radius 1 is 0.864 bits per heavy atom. The quantitative estimate of drug-likeness (QED) is 0.760. The number of hydrogen-bond acceptors (Lipinski definition) is 3. The zero-order valence-electron chi connectivity index (χ0n) is 13.3. The molecule has 0 amide bonds. The molecule has 22 heavy (non-hydrogen) atoms. The van der Waals surface area contributed by atoms with E-state index in [1.165, 1.54) is 5.56 Å². The molecule has 0 radical (unpaired) electrons. The summed E-state index contributed by atoms with van der Waals surface area (Å²) in [5.74, 6) is 2.41. The Kier molecular flexibility index (Phi) is 5.90. The van der Waals surface area contributed by atoms with Crippen molar-refractivity contribution >= 4 is 6.08 Å². The second-order valence-corrected chi connectivity index (χ2v) is 4.91. The van der Waals surface area contributed by atoms with Gasteiger partial charge < -0.3 is 14.2 Å². The largest absolute Gasteiger partial charge is 0.497 e. The Hall–Kier alpha value is -2.42. The summed E-state index contributed by atoms with van der Waals surface area (Å²) in [5.41, 5.74) is 2.37. The fourth-order valence-electron chi connectivity index (χ4n) is 2.25. The summed E-state index contributed by atoms with van der Waals surface area (Å²) in [6.07, 6.45) is 6.21. The van der Waals surface area contributed by atoms with Crippen LogP contribution in [0.15, 0.2) is 48.5 Å². The predicted octanol–water partition coefficient (Wildman–Crippen LogP) is 4.36. The lowest BCUT2D eigenvalue weighted by molar-refractivity contribution is 0.354. The summed E-state index contributed by atoms with van der Waals surface area (Å²) >= 11 is 0. The van der Waals surface area contributed by atoms with Crippen molar-refractivity contribution in [3.63, 3.8) is 0 Å². The summed E-state index contributed by atoms with van der Waals surface area (Å²) < 4.78 is 15.8. The van der Waals surface area contributed by atoms with Crippen molar-refractivity contribution in [1.29, 1.82) is 0 Å². The van der Waals surface area contributed by atoms with Crippen LogP contribution < -0.4 is 14.2 Å². The van der Waals surface area contributed by atoms with Crippen LogP contribution >= 0.6 is 0 Å². The third-order valence-corrected chi connectivity index (χ3v) is 3.45. The molecule has 0 spiro atoms. The third kappa shape index (κ3) is 4.29. The topological polar surface area (TPSA) is 27.7 Å². The number of benzene rings is 2. The van der Waals surface area contributed by atoms with Gasteiger partial charge in [-0.2, -0.15) is 0 Å². The van der Waals surface area contributed by atoms with Crippen molar-refractivity contribution in [3.8, 4) is 17.2 Å². The van der Waals surface area contributed by atoms with Crippen molar-refractivity contribution in [1.82, 2.24) is 0 Å². The fraction of sp³-hybridized carbons (Fsp3) is 0.263. The van der Waals surface area contributed by atoms with Gasteiger partial charge >= 0.3 is 0 Å². The number of methoxy groups -OCH3 is 3. The minimum Gasteiger partial charge on any atom is -0.497 e. The molecule has 116 valence electrons. The van der Waals surface area contributed by atoms with Gasteiger partial charge in [-0.1, -0.05) is 30.4 Å². The van der Waals surface area contributed by atoms with Gasteiger partial charge in [0.2, 0.25) is 0 Å². The third-order valence-electron chi connectivity index (χ3n) is 3.45. The Balaban J connectivity index is 1.94. The summed E-state index contributed by atoms with van der Waals surface area (Å²) in [6.45, 7) is 0. The predicted molar refractivity (Wildman–Crippen MR) is 89.9 cm³/mol. The maximum Gasteiger partial charge on any atom is 0.160 e. The molecule has 0 aliphatic rings. The number of aryl methyl sites for hydroxylation is 1.